The topological polar surface area (TPSA) is 87.0 Å². The highest BCUT2D eigenvalue weighted by atomic mass is 19.4. The Morgan fingerprint density at radius 2 is 2.22 bits per heavy atom. The summed E-state index contributed by atoms with van der Waals surface area (Å²) in [7, 11) is 1.60. The fraction of sp³-hybridized carbons (Fsp3) is 0.538. The molecule has 126 valence electrons. The van der Waals surface area contributed by atoms with Crippen molar-refractivity contribution in [3.63, 3.8) is 0 Å². The minimum atomic E-state index is -4.47. The summed E-state index contributed by atoms with van der Waals surface area (Å²) in [4.78, 5) is 3.82. The number of aryl methyl sites for hydroxylation is 1. The van der Waals surface area contributed by atoms with Crippen LogP contribution < -0.4 is 16.0 Å². The van der Waals surface area contributed by atoms with Crippen LogP contribution in [0.15, 0.2) is 12.3 Å². The molecule has 1 unspecified atom stereocenters. The fourth-order valence-electron chi connectivity index (χ4n) is 2.36. The lowest BCUT2D eigenvalue weighted by molar-refractivity contribution is -0.137. The Hall–Kier alpha value is -1.91. The molecule has 0 saturated carbocycles. The molecule has 2 aromatic heterocycles. The van der Waals surface area contributed by atoms with Gasteiger partial charge in [0.15, 0.2) is 11.5 Å². The SMILES string of the molecule is Cn1nc(NCC(O)NC2CNC2)c2cc(C(F)(F)F)cnc21. The van der Waals surface area contributed by atoms with Crippen molar-refractivity contribution in [2.75, 3.05) is 25.0 Å². The number of anilines is 1. The van der Waals surface area contributed by atoms with E-state index in [1.165, 1.54) is 4.68 Å². The Labute approximate surface area is 129 Å². The molecule has 23 heavy (non-hydrogen) atoms. The quantitative estimate of drug-likeness (QED) is 0.589. The molecule has 0 spiro atoms. The van der Waals surface area contributed by atoms with Gasteiger partial charge in [0.1, 0.15) is 6.23 Å². The van der Waals surface area contributed by atoms with Crippen molar-refractivity contribution < 1.29 is 18.3 Å². The van der Waals surface area contributed by atoms with Crippen molar-refractivity contribution in [2.45, 2.75) is 18.4 Å². The summed E-state index contributed by atoms with van der Waals surface area (Å²) in [6.07, 6.45) is -4.50. The van der Waals surface area contributed by atoms with Gasteiger partial charge in [0.05, 0.1) is 17.5 Å². The van der Waals surface area contributed by atoms with Crippen LogP contribution in [0.1, 0.15) is 5.56 Å². The predicted octanol–water partition coefficient (Wildman–Crippen LogP) is 0.279. The van der Waals surface area contributed by atoms with Crippen LogP contribution in [0.2, 0.25) is 0 Å². The molecule has 0 radical (unpaired) electrons. The van der Waals surface area contributed by atoms with Crippen molar-refractivity contribution in [1.82, 2.24) is 25.4 Å². The minimum Gasteiger partial charge on any atom is -0.377 e. The van der Waals surface area contributed by atoms with Gasteiger partial charge in [0.25, 0.3) is 0 Å². The van der Waals surface area contributed by atoms with Gasteiger partial charge in [-0.05, 0) is 6.07 Å². The van der Waals surface area contributed by atoms with Crippen molar-refractivity contribution in [1.29, 1.82) is 0 Å². The van der Waals surface area contributed by atoms with E-state index >= 15 is 0 Å². The average Bonchev–Trinajstić information content (AvgIpc) is 2.76. The van der Waals surface area contributed by atoms with E-state index in [1.807, 2.05) is 0 Å². The molecule has 7 nitrogen and oxygen atoms in total. The first-order valence-corrected chi connectivity index (χ1v) is 7.13. The van der Waals surface area contributed by atoms with Gasteiger partial charge in [0.2, 0.25) is 0 Å². The molecule has 2 aromatic rings. The van der Waals surface area contributed by atoms with Crippen LogP contribution in [-0.2, 0) is 13.2 Å². The van der Waals surface area contributed by atoms with Crippen LogP contribution in [0.4, 0.5) is 19.0 Å². The number of fused-ring (bicyclic) bond motifs is 1. The number of aromatic nitrogens is 3. The summed E-state index contributed by atoms with van der Waals surface area (Å²) in [5.41, 5.74) is -0.494. The lowest BCUT2D eigenvalue weighted by atomic mass is 10.2. The number of nitrogens with zero attached hydrogens (tertiary/aromatic N) is 3. The van der Waals surface area contributed by atoms with Gasteiger partial charge in [-0.3, -0.25) is 5.32 Å². The van der Waals surface area contributed by atoms with E-state index in [0.29, 0.717) is 5.65 Å². The number of nitrogens with one attached hydrogen (secondary N) is 3. The normalized spacial score (nSPS) is 17.3. The Morgan fingerprint density at radius 1 is 1.48 bits per heavy atom. The van der Waals surface area contributed by atoms with Crippen LogP contribution >= 0.6 is 0 Å². The summed E-state index contributed by atoms with van der Waals surface area (Å²) in [6, 6.07) is 1.21. The predicted molar refractivity (Wildman–Crippen MR) is 77.8 cm³/mol. The maximum atomic E-state index is 12.8. The van der Waals surface area contributed by atoms with E-state index < -0.39 is 18.0 Å². The zero-order valence-corrected chi connectivity index (χ0v) is 12.4. The molecule has 0 aromatic carbocycles. The molecule has 0 amide bonds. The summed E-state index contributed by atoms with van der Waals surface area (Å²) in [5.74, 6) is 0.258. The largest absolute Gasteiger partial charge is 0.417 e. The smallest absolute Gasteiger partial charge is 0.377 e. The zero-order valence-electron chi connectivity index (χ0n) is 12.4. The minimum absolute atomic E-state index is 0.124. The number of halogens is 3. The monoisotopic (exact) mass is 330 g/mol. The second-order valence-corrected chi connectivity index (χ2v) is 5.48. The summed E-state index contributed by atoms with van der Waals surface area (Å²) in [6.45, 7) is 1.68. The molecule has 4 N–H and O–H groups in total. The first-order chi connectivity index (χ1) is 10.8. The Morgan fingerprint density at radius 3 is 2.83 bits per heavy atom. The van der Waals surface area contributed by atoms with Crippen molar-refractivity contribution in [3.8, 4) is 0 Å². The second kappa shape index (κ2) is 5.95. The Kier molecular flexibility index (Phi) is 4.13. The standard InChI is InChI=1S/C13H17F3N6O/c1-22-12-9(2-7(3-19-12)13(14,15)16)11(21-22)18-6-10(23)20-8-4-17-5-8/h2-3,8,10,17,20,23H,4-6H2,1H3,(H,18,21). The van der Waals surface area contributed by atoms with Crippen LogP contribution in [0, 0.1) is 0 Å². The van der Waals surface area contributed by atoms with Crippen LogP contribution in [-0.4, -0.2) is 51.8 Å². The number of hydrogen-bond donors (Lipinski definition) is 4. The molecule has 1 fully saturated rings. The highest BCUT2D eigenvalue weighted by molar-refractivity contribution is 5.88. The number of hydrogen-bond acceptors (Lipinski definition) is 6. The van der Waals surface area contributed by atoms with Gasteiger partial charge >= 0.3 is 6.18 Å². The maximum absolute atomic E-state index is 12.8. The first-order valence-electron chi connectivity index (χ1n) is 7.13. The molecular formula is C13H17F3N6O. The first kappa shape index (κ1) is 16.0. The number of pyridine rings is 1. The zero-order chi connectivity index (χ0) is 16.6. The van der Waals surface area contributed by atoms with Gasteiger partial charge in [-0.15, -0.1) is 0 Å². The number of aliphatic hydroxyl groups is 1. The van der Waals surface area contributed by atoms with E-state index in [2.05, 4.69) is 26.0 Å². The molecule has 0 bridgehead atoms. The molecule has 10 heteroatoms. The van der Waals surface area contributed by atoms with Gasteiger partial charge < -0.3 is 15.7 Å². The molecule has 1 atom stereocenters. The van der Waals surface area contributed by atoms with Gasteiger partial charge in [0, 0.05) is 32.4 Å². The van der Waals surface area contributed by atoms with E-state index in [9.17, 15) is 18.3 Å². The average molecular weight is 330 g/mol. The summed E-state index contributed by atoms with van der Waals surface area (Å²) in [5, 5.41) is 23.2. The second-order valence-electron chi connectivity index (χ2n) is 5.48. The molecule has 0 aliphatic carbocycles. The van der Waals surface area contributed by atoms with Crippen LogP contribution in [0.5, 0.6) is 0 Å². The number of rotatable bonds is 5. The van der Waals surface area contributed by atoms with E-state index in [0.717, 1.165) is 25.4 Å². The molecule has 1 aliphatic heterocycles. The third-order valence-electron chi connectivity index (χ3n) is 3.68. The fourth-order valence-corrected chi connectivity index (χ4v) is 2.36. The number of aliphatic hydroxyl groups excluding tert-OH is 1. The number of alkyl halides is 3. The molecule has 3 rings (SSSR count). The van der Waals surface area contributed by atoms with E-state index in [1.54, 1.807) is 7.05 Å². The van der Waals surface area contributed by atoms with Crippen molar-refractivity contribution in [2.24, 2.45) is 7.05 Å². The maximum Gasteiger partial charge on any atom is 0.417 e. The molecule has 1 saturated heterocycles. The third-order valence-corrected chi connectivity index (χ3v) is 3.68. The van der Waals surface area contributed by atoms with E-state index in [-0.39, 0.29) is 23.8 Å². The van der Waals surface area contributed by atoms with Crippen molar-refractivity contribution >= 4 is 16.9 Å². The highest BCUT2D eigenvalue weighted by Crippen LogP contribution is 2.32. The van der Waals surface area contributed by atoms with Gasteiger partial charge in [-0.25, -0.2) is 9.67 Å². The molecule has 1 aliphatic rings. The lowest BCUT2D eigenvalue weighted by Crippen LogP contribution is -2.59. The van der Waals surface area contributed by atoms with Gasteiger partial charge in [-0.1, -0.05) is 0 Å². The van der Waals surface area contributed by atoms with Crippen LogP contribution in [0.25, 0.3) is 11.0 Å². The Balaban J connectivity index is 1.76. The lowest BCUT2D eigenvalue weighted by Gasteiger charge is -2.30. The summed E-state index contributed by atoms with van der Waals surface area (Å²) < 4.78 is 39.8. The third kappa shape index (κ3) is 3.38. The molecular weight excluding hydrogens is 313 g/mol. The van der Waals surface area contributed by atoms with Gasteiger partial charge in [-0.2, -0.15) is 18.3 Å². The van der Waals surface area contributed by atoms with Crippen LogP contribution in [0.3, 0.4) is 0 Å². The highest BCUT2D eigenvalue weighted by Gasteiger charge is 2.32. The van der Waals surface area contributed by atoms with Crippen molar-refractivity contribution in [3.05, 3.63) is 17.8 Å². The summed E-state index contributed by atoms with van der Waals surface area (Å²) >= 11 is 0. The van der Waals surface area contributed by atoms with E-state index in [4.69, 9.17) is 0 Å². The molecule has 3 heterocycles. The Bertz CT molecular complexity index is 697.